The molecule has 0 aromatic carbocycles. The molecule has 6 heteroatoms. The number of aryl methyl sites for hydroxylation is 1. The molecule has 1 saturated heterocycles. The molecule has 16 heavy (non-hydrogen) atoms. The van der Waals surface area contributed by atoms with E-state index in [1.165, 1.54) is 0 Å². The molecule has 1 fully saturated rings. The summed E-state index contributed by atoms with van der Waals surface area (Å²) in [7, 11) is 0. The lowest BCUT2D eigenvalue weighted by atomic mass is 10.2. The van der Waals surface area contributed by atoms with Crippen molar-refractivity contribution in [3.05, 3.63) is 23.8 Å². The molecule has 0 aliphatic carbocycles. The third kappa shape index (κ3) is 2.40. The molecule has 1 aromatic heterocycles. The van der Waals surface area contributed by atoms with E-state index in [1.54, 1.807) is 19.2 Å². The van der Waals surface area contributed by atoms with Gasteiger partial charge in [-0.2, -0.15) is 0 Å². The summed E-state index contributed by atoms with van der Waals surface area (Å²) in [5.41, 5.74) is 0.805. The van der Waals surface area contributed by atoms with E-state index in [-0.39, 0.29) is 18.2 Å². The lowest BCUT2D eigenvalue weighted by Crippen LogP contribution is -2.36. The van der Waals surface area contributed by atoms with Crippen LogP contribution in [-0.4, -0.2) is 27.8 Å². The molecule has 0 radical (unpaired) electrons. The first-order chi connectivity index (χ1) is 7.65. The quantitative estimate of drug-likeness (QED) is 0.657. The Labute approximate surface area is 92.5 Å². The van der Waals surface area contributed by atoms with Crippen molar-refractivity contribution in [2.45, 2.75) is 25.9 Å². The van der Waals surface area contributed by atoms with E-state index in [1.807, 2.05) is 0 Å². The number of carbonyl (C=O) groups excluding carboxylic acids is 2. The molecule has 2 amide bonds. The van der Waals surface area contributed by atoms with Gasteiger partial charge in [0, 0.05) is 12.7 Å². The van der Waals surface area contributed by atoms with Crippen molar-refractivity contribution in [2.24, 2.45) is 0 Å². The maximum absolute atomic E-state index is 11.2. The van der Waals surface area contributed by atoms with E-state index in [2.05, 4.69) is 20.6 Å². The van der Waals surface area contributed by atoms with Gasteiger partial charge in [0.15, 0.2) is 0 Å². The molecule has 0 bridgehead atoms. The zero-order valence-electron chi connectivity index (χ0n) is 8.86. The van der Waals surface area contributed by atoms with Gasteiger partial charge in [0.1, 0.15) is 5.82 Å². The van der Waals surface area contributed by atoms with E-state index in [9.17, 15) is 9.59 Å². The van der Waals surface area contributed by atoms with E-state index in [0.717, 1.165) is 5.69 Å². The van der Waals surface area contributed by atoms with E-state index in [0.29, 0.717) is 12.4 Å². The smallest absolute Gasteiger partial charge is 0.244 e. The van der Waals surface area contributed by atoms with Crippen molar-refractivity contribution in [1.29, 1.82) is 0 Å². The van der Waals surface area contributed by atoms with Crippen molar-refractivity contribution in [1.82, 2.24) is 20.6 Å². The van der Waals surface area contributed by atoms with Crippen molar-refractivity contribution < 1.29 is 9.59 Å². The summed E-state index contributed by atoms with van der Waals surface area (Å²) >= 11 is 0. The lowest BCUT2D eigenvalue weighted by molar-refractivity contribution is -0.125. The van der Waals surface area contributed by atoms with Crippen LogP contribution >= 0.6 is 0 Å². The molecular formula is C10H12N4O2. The standard InChI is InChI=1S/C10H12N4O2/c1-6-11-3-2-7(13-6)5-12-8-4-9(15)14-10(8)16/h2-3,8,12H,4-5H2,1H3,(H,14,15,16). The number of amides is 2. The van der Waals surface area contributed by atoms with Crippen LogP contribution in [0.3, 0.4) is 0 Å². The summed E-state index contributed by atoms with van der Waals surface area (Å²) in [4.78, 5) is 30.3. The Morgan fingerprint density at radius 3 is 3.00 bits per heavy atom. The van der Waals surface area contributed by atoms with Crippen LogP contribution in [0.15, 0.2) is 12.3 Å². The highest BCUT2D eigenvalue weighted by molar-refractivity contribution is 6.05. The number of rotatable bonds is 3. The normalized spacial score (nSPS) is 19.9. The van der Waals surface area contributed by atoms with Gasteiger partial charge < -0.3 is 0 Å². The molecule has 6 nitrogen and oxygen atoms in total. The Bertz CT molecular complexity index is 433. The minimum atomic E-state index is -0.442. The molecular weight excluding hydrogens is 208 g/mol. The maximum atomic E-state index is 11.2. The molecule has 1 aromatic rings. The van der Waals surface area contributed by atoms with Crippen LogP contribution in [0.4, 0.5) is 0 Å². The summed E-state index contributed by atoms with van der Waals surface area (Å²) in [6, 6.07) is 1.33. The average molecular weight is 220 g/mol. The molecule has 2 rings (SSSR count). The second-order valence-electron chi connectivity index (χ2n) is 3.65. The van der Waals surface area contributed by atoms with E-state index < -0.39 is 6.04 Å². The molecule has 1 aliphatic heterocycles. The largest absolute Gasteiger partial charge is 0.300 e. The highest BCUT2D eigenvalue weighted by Gasteiger charge is 2.29. The first-order valence-corrected chi connectivity index (χ1v) is 5.01. The van der Waals surface area contributed by atoms with Gasteiger partial charge in [0.05, 0.1) is 18.2 Å². The number of aromatic nitrogens is 2. The third-order valence-electron chi connectivity index (χ3n) is 2.33. The van der Waals surface area contributed by atoms with Gasteiger partial charge in [-0.15, -0.1) is 0 Å². The van der Waals surface area contributed by atoms with Gasteiger partial charge in [-0.25, -0.2) is 9.97 Å². The van der Waals surface area contributed by atoms with Crippen LogP contribution in [0, 0.1) is 6.92 Å². The van der Waals surface area contributed by atoms with Gasteiger partial charge in [-0.3, -0.25) is 20.2 Å². The van der Waals surface area contributed by atoms with Gasteiger partial charge >= 0.3 is 0 Å². The van der Waals surface area contributed by atoms with E-state index in [4.69, 9.17) is 0 Å². The summed E-state index contributed by atoms with van der Waals surface area (Å²) in [6.45, 7) is 2.25. The highest BCUT2D eigenvalue weighted by Crippen LogP contribution is 2.03. The second kappa shape index (κ2) is 4.36. The monoisotopic (exact) mass is 220 g/mol. The highest BCUT2D eigenvalue weighted by atomic mass is 16.2. The van der Waals surface area contributed by atoms with Gasteiger partial charge in [-0.1, -0.05) is 0 Å². The Balaban J connectivity index is 1.93. The minimum Gasteiger partial charge on any atom is -0.300 e. The Kier molecular flexibility index (Phi) is 2.91. The van der Waals surface area contributed by atoms with Gasteiger partial charge in [0.25, 0.3) is 0 Å². The molecule has 1 atom stereocenters. The predicted molar refractivity (Wildman–Crippen MR) is 55.2 cm³/mol. The summed E-state index contributed by atoms with van der Waals surface area (Å²) in [5, 5.41) is 5.22. The molecule has 0 saturated carbocycles. The topological polar surface area (TPSA) is 84.0 Å². The number of carbonyl (C=O) groups is 2. The van der Waals surface area contributed by atoms with Crippen LogP contribution < -0.4 is 10.6 Å². The SMILES string of the molecule is Cc1nccc(CNC2CC(=O)NC2=O)n1. The zero-order chi connectivity index (χ0) is 11.5. The molecule has 84 valence electrons. The fourth-order valence-electron chi connectivity index (χ4n) is 1.55. The first-order valence-electron chi connectivity index (χ1n) is 5.01. The van der Waals surface area contributed by atoms with Crippen molar-refractivity contribution >= 4 is 11.8 Å². The van der Waals surface area contributed by atoms with Gasteiger partial charge in [-0.05, 0) is 13.0 Å². The molecule has 2 N–H and O–H groups in total. The Morgan fingerprint density at radius 2 is 2.38 bits per heavy atom. The van der Waals surface area contributed by atoms with Gasteiger partial charge in [0.2, 0.25) is 11.8 Å². The van der Waals surface area contributed by atoms with Crippen molar-refractivity contribution in [3.63, 3.8) is 0 Å². The molecule has 1 unspecified atom stereocenters. The van der Waals surface area contributed by atoms with Crippen LogP contribution in [0.25, 0.3) is 0 Å². The fourth-order valence-corrected chi connectivity index (χ4v) is 1.55. The van der Waals surface area contributed by atoms with Crippen LogP contribution in [0.2, 0.25) is 0 Å². The summed E-state index contributed by atoms with van der Waals surface area (Å²) < 4.78 is 0. The maximum Gasteiger partial charge on any atom is 0.244 e. The van der Waals surface area contributed by atoms with Crippen LogP contribution in [0.5, 0.6) is 0 Å². The predicted octanol–water partition coefficient (Wildman–Crippen LogP) is -0.710. The Morgan fingerprint density at radius 1 is 1.56 bits per heavy atom. The molecule has 2 heterocycles. The number of hydrogen-bond acceptors (Lipinski definition) is 5. The van der Waals surface area contributed by atoms with E-state index >= 15 is 0 Å². The molecule has 0 spiro atoms. The zero-order valence-corrected chi connectivity index (χ0v) is 8.86. The summed E-state index contributed by atoms with van der Waals surface area (Å²) in [6.07, 6.45) is 1.86. The second-order valence-corrected chi connectivity index (χ2v) is 3.65. The van der Waals surface area contributed by atoms with Crippen LogP contribution in [0.1, 0.15) is 17.9 Å². The van der Waals surface area contributed by atoms with Crippen LogP contribution in [-0.2, 0) is 16.1 Å². The number of nitrogens with zero attached hydrogens (tertiary/aromatic N) is 2. The number of nitrogens with one attached hydrogen (secondary N) is 2. The Hall–Kier alpha value is -1.82. The fraction of sp³-hybridized carbons (Fsp3) is 0.400. The number of hydrogen-bond donors (Lipinski definition) is 2. The third-order valence-corrected chi connectivity index (χ3v) is 2.33. The summed E-state index contributed by atoms with van der Waals surface area (Å²) in [5.74, 6) is 0.184. The first kappa shape index (κ1) is 10.7. The minimum absolute atomic E-state index is 0.197. The number of imide groups is 1. The van der Waals surface area contributed by atoms with Crippen molar-refractivity contribution in [3.8, 4) is 0 Å². The van der Waals surface area contributed by atoms with Crippen molar-refractivity contribution in [2.75, 3.05) is 0 Å². The average Bonchev–Trinajstić information content (AvgIpc) is 2.54. The molecule has 1 aliphatic rings. The lowest BCUT2D eigenvalue weighted by Gasteiger charge is -2.08.